The SMILES string of the molecule is Cc1cc(NC(=O)Cn2cnc3scc(-c4ccc(F)cc4)c3c2=O)no1. The molecule has 27 heavy (non-hydrogen) atoms. The van der Waals surface area contributed by atoms with Crippen molar-refractivity contribution in [3.63, 3.8) is 0 Å². The van der Waals surface area contributed by atoms with Crippen molar-refractivity contribution in [3.05, 3.63) is 64.0 Å². The van der Waals surface area contributed by atoms with Crippen LogP contribution in [0.15, 0.2) is 51.4 Å². The topological polar surface area (TPSA) is 90.0 Å². The number of hydrogen-bond acceptors (Lipinski definition) is 6. The molecule has 0 saturated heterocycles. The summed E-state index contributed by atoms with van der Waals surface area (Å²) in [5, 5.41) is 8.45. The third-order valence-electron chi connectivity index (χ3n) is 3.93. The van der Waals surface area contributed by atoms with E-state index in [1.807, 2.05) is 0 Å². The first kappa shape index (κ1) is 17.1. The van der Waals surface area contributed by atoms with Gasteiger partial charge in [0.05, 0.1) is 11.7 Å². The molecule has 0 bridgehead atoms. The minimum atomic E-state index is -0.426. The van der Waals surface area contributed by atoms with Crippen LogP contribution in [-0.2, 0) is 11.3 Å². The minimum absolute atomic E-state index is 0.216. The number of nitrogens with one attached hydrogen (secondary N) is 1. The van der Waals surface area contributed by atoms with E-state index in [2.05, 4.69) is 15.5 Å². The van der Waals surface area contributed by atoms with Gasteiger partial charge in [0, 0.05) is 17.0 Å². The smallest absolute Gasteiger partial charge is 0.263 e. The maximum absolute atomic E-state index is 13.2. The molecule has 0 aliphatic heterocycles. The van der Waals surface area contributed by atoms with Crippen molar-refractivity contribution in [1.29, 1.82) is 0 Å². The Bertz CT molecular complexity index is 1190. The number of amides is 1. The van der Waals surface area contributed by atoms with E-state index in [4.69, 9.17) is 4.52 Å². The Balaban J connectivity index is 1.67. The quantitative estimate of drug-likeness (QED) is 0.584. The second kappa shape index (κ2) is 6.76. The lowest BCUT2D eigenvalue weighted by atomic mass is 10.1. The Hall–Kier alpha value is -3.33. The van der Waals surface area contributed by atoms with Crippen LogP contribution in [0.2, 0.25) is 0 Å². The summed E-state index contributed by atoms with van der Waals surface area (Å²) in [7, 11) is 0. The summed E-state index contributed by atoms with van der Waals surface area (Å²) in [6.07, 6.45) is 1.34. The molecule has 3 aromatic heterocycles. The summed E-state index contributed by atoms with van der Waals surface area (Å²) in [4.78, 5) is 29.9. The number of fused-ring (bicyclic) bond motifs is 1. The molecule has 0 aliphatic rings. The highest BCUT2D eigenvalue weighted by Gasteiger charge is 2.15. The van der Waals surface area contributed by atoms with Gasteiger partial charge in [0.2, 0.25) is 5.91 Å². The minimum Gasteiger partial charge on any atom is -0.360 e. The molecule has 0 atom stereocenters. The summed E-state index contributed by atoms with van der Waals surface area (Å²) in [6, 6.07) is 7.45. The maximum Gasteiger partial charge on any atom is 0.263 e. The van der Waals surface area contributed by atoms with Gasteiger partial charge in [-0.05, 0) is 24.6 Å². The van der Waals surface area contributed by atoms with E-state index in [1.165, 1.54) is 34.4 Å². The molecular formula is C18H13FN4O3S. The highest BCUT2D eigenvalue weighted by Crippen LogP contribution is 2.30. The number of hydrogen-bond donors (Lipinski definition) is 1. The van der Waals surface area contributed by atoms with Crippen LogP contribution in [-0.4, -0.2) is 20.6 Å². The van der Waals surface area contributed by atoms with Crippen molar-refractivity contribution < 1.29 is 13.7 Å². The van der Waals surface area contributed by atoms with E-state index in [0.717, 1.165) is 0 Å². The summed E-state index contributed by atoms with van der Waals surface area (Å²) < 4.78 is 19.3. The van der Waals surface area contributed by atoms with Crippen LogP contribution >= 0.6 is 11.3 Å². The van der Waals surface area contributed by atoms with Crippen molar-refractivity contribution in [2.24, 2.45) is 0 Å². The molecule has 0 fully saturated rings. The molecule has 3 heterocycles. The van der Waals surface area contributed by atoms with Crippen LogP contribution < -0.4 is 10.9 Å². The fraction of sp³-hybridized carbons (Fsp3) is 0.111. The first-order chi connectivity index (χ1) is 13.0. The molecule has 136 valence electrons. The predicted octanol–water partition coefficient (Wildman–Crippen LogP) is 3.20. The zero-order valence-corrected chi connectivity index (χ0v) is 14.9. The molecule has 0 radical (unpaired) electrons. The number of anilines is 1. The van der Waals surface area contributed by atoms with Crippen LogP contribution in [0.1, 0.15) is 5.76 Å². The lowest BCUT2D eigenvalue weighted by molar-refractivity contribution is -0.116. The van der Waals surface area contributed by atoms with E-state index >= 15 is 0 Å². The van der Waals surface area contributed by atoms with Gasteiger partial charge in [0.25, 0.3) is 5.56 Å². The molecule has 0 aliphatic carbocycles. The lowest BCUT2D eigenvalue weighted by Gasteiger charge is -2.06. The van der Waals surface area contributed by atoms with Gasteiger partial charge in [-0.1, -0.05) is 17.3 Å². The number of carbonyl (C=O) groups excluding carboxylic acids is 1. The van der Waals surface area contributed by atoms with Crippen molar-refractivity contribution in [3.8, 4) is 11.1 Å². The van der Waals surface area contributed by atoms with Crippen molar-refractivity contribution in [2.75, 3.05) is 5.32 Å². The number of thiophene rings is 1. The number of aryl methyl sites for hydroxylation is 1. The number of aromatic nitrogens is 3. The fourth-order valence-electron chi connectivity index (χ4n) is 2.68. The third kappa shape index (κ3) is 3.36. The Morgan fingerprint density at radius 1 is 1.33 bits per heavy atom. The Morgan fingerprint density at radius 2 is 2.11 bits per heavy atom. The molecule has 0 spiro atoms. The van der Waals surface area contributed by atoms with Gasteiger partial charge in [-0.25, -0.2) is 9.37 Å². The van der Waals surface area contributed by atoms with E-state index in [-0.39, 0.29) is 23.7 Å². The molecule has 0 unspecified atom stereocenters. The van der Waals surface area contributed by atoms with E-state index in [0.29, 0.717) is 27.1 Å². The fourth-order valence-corrected chi connectivity index (χ4v) is 3.59. The van der Waals surface area contributed by atoms with Crippen LogP contribution in [0.25, 0.3) is 21.3 Å². The Labute approximate surface area is 156 Å². The molecule has 1 amide bonds. The van der Waals surface area contributed by atoms with Crippen LogP contribution in [0.5, 0.6) is 0 Å². The molecule has 0 saturated carbocycles. The van der Waals surface area contributed by atoms with Crippen LogP contribution in [0.3, 0.4) is 0 Å². The average molecular weight is 384 g/mol. The standard InChI is InChI=1S/C18H13FN4O3S/c1-10-6-14(22-26-10)21-15(24)7-23-9-20-17-16(18(23)25)13(8-27-17)11-2-4-12(19)5-3-11/h2-6,8-9H,7H2,1H3,(H,21,22,24). The largest absolute Gasteiger partial charge is 0.360 e. The van der Waals surface area contributed by atoms with Gasteiger partial charge >= 0.3 is 0 Å². The van der Waals surface area contributed by atoms with Crippen molar-refractivity contribution in [1.82, 2.24) is 14.7 Å². The summed E-state index contributed by atoms with van der Waals surface area (Å²) in [6.45, 7) is 1.49. The van der Waals surface area contributed by atoms with Gasteiger partial charge in [0.1, 0.15) is 23.0 Å². The van der Waals surface area contributed by atoms with Gasteiger partial charge in [-0.2, -0.15) is 0 Å². The second-order valence-electron chi connectivity index (χ2n) is 5.89. The first-order valence-electron chi connectivity index (χ1n) is 7.97. The molecule has 7 nitrogen and oxygen atoms in total. The number of nitrogens with zero attached hydrogens (tertiary/aromatic N) is 3. The molecule has 1 aromatic carbocycles. The zero-order chi connectivity index (χ0) is 19.0. The number of carbonyl (C=O) groups is 1. The highest BCUT2D eigenvalue weighted by molar-refractivity contribution is 7.17. The second-order valence-corrected chi connectivity index (χ2v) is 6.74. The first-order valence-corrected chi connectivity index (χ1v) is 8.85. The number of benzene rings is 1. The summed E-state index contributed by atoms with van der Waals surface area (Å²) in [5.74, 6) is 0.0635. The van der Waals surface area contributed by atoms with Gasteiger partial charge in [-0.3, -0.25) is 14.2 Å². The average Bonchev–Trinajstić information content (AvgIpc) is 3.25. The lowest BCUT2D eigenvalue weighted by Crippen LogP contribution is -2.27. The van der Waals surface area contributed by atoms with Crippen LogP contribution in [0, 0.1) is 12.7 Å². The molecule has 1 N–H and O–H groups in total. The van der Waals surface area contributed by atoms with E-state index < -0.39 is 5.91 Å². The monoisotopic (exact) mass is 384 g/mol. The Morgan fingerprint density at radius 3 is 2.81 bits per heavy atom. The number of rotatable bonds is 4. The zero-order valence-electron chi connectivity index (χ0n) is 14.1. The summed E-state index contributed by atoms with van der Waals surface area (Å²) in [5.41, 5.74) is 1.03. The van der Waals surface area contributed by atoms with Gasteiger partial charge in [-0.15, -0.1) is 11.3 Å². The molecule has 4 rings (SSSR count). The molecular weight excluding hydrogens is 371 g/mol. The third-order valence-corrected chi connectivity index (χ3v) is 4.81. The van der Waals surface area contributed by atoms with E-state index in [9.17, 15) is 14.0 Å². The Kier molecular flexibility index (Phi) is 4.28. The van der Waals surface area contributed by atoms with Gasteiger partial charge < -0.3 is 9.84 Å². The van der Waals surface area contributed by atoms with E-state index in [1.54, 1.807) is 30.5 Å². The highest BCUT2D eigenvalue weighted by atomic mass is 32.1. The summed E-state index contributed by atoms with van der Waals surface area (Å²) >= 11 is 1.32. The molecule has 4 aromatic rings. The maximum atomic E-state index is 13.2. The predicted molar refractivity (Wildman–Crippen MR) is 99.1 cm³/mol. The number of halogens is 1. The van der Waals surface area contributed by atoms with Crippen molar-refractivity contribution >= 4 is 33.3 Å². The van der Waals surface area contributed by atoms with Gasteiger partial charge in [0.15, 0.2) is 5.82 Å². The van der Waals surface area contributed by atoms with Crippen molar-refractivity contribution in [2.45, 2.75) is 13.5 Å². The normalized spacial score (nSPS) is 11.0. The molecule has 9 heteroatoms. The van der Waals surface area contributed by atoms with Crippen LogP contribution in [0.4, 0.5) is 10.2 Å².